The molecule has 1 saturated heterocycles. The number of halogens is 1. The normalized spacial score (nSPS) is 21.2. The van der Waals surface area contributed by atoms with Gasteiger partial charge in [-0.1, -0.05) is 37.5 Å². The minimum atomic E-state index is 0. The molecule has 0 spiro atoms. The second kappa shape index (κ2) is 12.6. The summed E-state index contributed by atoms with van der Waals surface area (Å²) in [5.74, 6) is 1.22. The molecular weight excluding hydrogens is 529 g/mol. The standard InChI is InChI=1S/C25H37N5O2.HI/c1-2-26-25(27-17-23(31)30-15-8-12-19-9-6-7-13-22(19)30)28-21-14-16-29(18-21)24(32)20-10-4-3-5-11-20;/h6-7,9,13,20-21H,2-5,8,10-12,14-18H2,1H3,(H2,26,27,28);1H. The number of nitrogens with one attached hydrogen (secondary N) is 2. The van der Waals surface area contributed by atoms with E-state index in [9.17, 15) is 9.59 Å². The average molecular weight is 568 g/mol. The summed E-state index contributed by atoms with van der Waals surface area (Å²) in [6.07, 6.45) is 8.62. The number of hydrogen-bond acceptors (Lipinski definition) is 3. The van der Waals surface area contributed by atoms with Crippen LogP contribution in [0.25, 0.3) is 0 Å². The van der Waals surface area contributed by atoms with E-state index in [4.69, 9.17) is 0 Å². The Morgan fingerprint density at radius 1 is 1.06 bits per heavy atom. The highest BCUT2D eigenvalue weighted by Crippen LogP contribution is 2.27. The van der Waals surface area contributed by atoms with Crippen LogP contribution in [0.3, 0.4) is 0 Å². The molecule has 0 bridgehead atoms. The van der Waals surface area contributed by atoms with Crippen molar-refractivity contribution in [3.8, 4) is 0 Å². The number of para-hydroxylation sites is 1. The summed E-state index contributed by atoms with van der Waals surface area (Å²) in [5, 5.41) is 6.72. The second-order valence-corrected chi connectivity index (χ2v) is 9.22. The number of aliphatic imine (C=N–C) groups is 1. The van der Waals surface area contributed by atoms with Crippen LogP contribution in [0, 0.1) is 5.92 Å². The molecule has 1 aliphatic carbocycles. The molecule has 33 heavy (non-hydrogen) atoms. The first-order valence-electron chi connectivity index (χ1n) is 12.4. The molecule has 2 heterocycles. The van der Waals surface area contributed by atoms with Crippen molar-refractivity contribution in [2.24, 2.45) is 10.9 Å². The predicted octanol–water partition coefficient (Wildman–Crippen LogP) is 3.32. The Balaban J connectivity index is 0.00000306. The van der Waals surface area contributed by atoms with E-state index in [0.29, 0.717) is 18.4 Å². The fourth-order valence-corrected chi connectivity index (χ4v) is 5.22. The van der Waals surface area contributed by atoms with E-state index in [1.54, 1.807) is 0 Å². The Hall–Kier alpha value is -1.84. The Morgan fingerprint density at radius 2 is 1.85 bits per heavy atom. The molecule has 0 aromatic heterocycles. The van der Waals surface area contributed by atoms with Gasteiger partial charge in [0.1, 0.15) is 6.54 Å². The van der Waals surface area contributed by atoms with Gasteiger partial charge in [0.05, 0.1) is 0 Å². The summed E-state index contributed by atoms with van der Waals surface area (Å²) in [7, 11) is 0. The maximum Gasteiger partial charge on any atom is 0.248 e. The smallest absolute Gasteiger partial charge is 0.248 e. The van der Waals surface area contributed by atoms with Gasteiger partial charge in [-0.15, -0.1) is 24.0 Å². The molecule has 182 valence electrons. The van der Waals surface area contributed by atoms with Gasteiger partial charge in [-0.2, -0.15) is 0 Å². The van der Waals surface area contributed by atoms with Crippen molar-refractivity contribution in [2.75, 3.05) is 37.6 Å². The fraction of sp³-hybridized carbons (Fsp3) is 0.640. The van der Waals surface area contributed by atoms with Gasteiger partial charge in [0.25, 0.3) is 0 Å². The monoisotopic (exact) mass is 567 g/mol. The number of hydrogen-bond donors (Lipinski definition) is 2. The summed E-state index contributed by atoms with van der Waals surface area (Å²) >= 11 is 0. The minimum Gasteiger partial charge on any atom is -0.357 e. The van der Waals surface area contributed by atoms with Gasteiger partial charge in [0, 0.05) is 43.8 Å². The van der Waals surface area contributed by atoms with Crippen LogP contribution in [0.1, 0.15) is 57.4 Å². The van der Waals surface area contributed by atoms with Crippen molar-refractivity contribution in [3.05, 3.63) is 29.8 Å². The molecule has 0 radical (unpaired) electrons. The maximum atomic E-state index is 12.9. The van der Waals surface area contributed by atoms with Crippen molar-refractivity contribution in [1.82, 2.24) is 15.5 Å². The summed E-state index contributed by atoms with van der Waals surface area (Å²) < 4.78 is 0. The van der Waals surface area contributed by atoms with Crippen molar-refractivity contribution >= 4 is 47.4 Å². The van der Waals surface area contributed by atoms with Gasteiger partial charge in [-0.25, -0.2) is 4.99 Å². The number of likely N-dealkylation sites (tertiary alicyclic amines) is 1. The molecule has 3 aliphatic rings. The molecule has 7 nitrogen and oxygen atoms in total. The van der Waals surface area contributed by atoms with E-state index in [2.05, 4.69) is 21.7 Å². The van der Waals surface area contributed by atoms with Gasteiger partial charge in [-0.3, -0.25) is 9.59 Å². The van der Waals surface area contributed by atoms with Gasteiger partial charge >= 0.3 is 0 Å². The molecule has 1 saturated carbocycles. The van der Waals surface area contributed by atoms with E-state index in [-0.39, 0.29) is 48.4 Å². The lowest BCUT2D eigenvalue weighted by molar-refractivity contribution is -0.135. The minimum absolute atomic E-state index is 0. The van der Waals surface area contributed by atoms with E-state index in [0.717, 1.165) is 57.4 Å². The van der Waals surface area contributed by atoms with Gasteiger partial charge in [0.2, 0.25) is 11.8 Å². The largest absolute Gasteiger partial charge is 0.357 e. The van der Waals surface area contributed by atoms with Gasteiger partial charge in [-0.05, 0) is 50.7 Å². The SMILES string of the molecule is CCNC(=NCC(=O)N1CCCc2ccccc21)NC1CCN(C(=O)C2CCCCC2)C1.I. The Morgan fingerprint density at radius 3 is 2.64 bits per heavy atom. The number of fused-ring (bicyclic) bond motifs is 1. The van der Waals surface area contributed by atoms with Crippen LogP contribution < -0.4 is 15.5 Å². The molecule has 1 aromatic carbocycles. The van der Waals surface area contributed by atoms with Crippen LogP contribution >= 0.6 is 24.0 Å². The zero-order valence-corrected chi connectivity index (χ0v) is 22.1. The van der Waals surface area contributed by atoms with Crippen molar-refractivity contribution in [3.63, 3.8) is 0 Å². The van der Waals surface area contributed by atoms with Gasteiger partial charge < -0.3 is 20.4 Å². The Bertz CT molecular complexity index is 840. The first-order valence-corrected chi connectivity index (χ1v) is 12.4. The van der Waals surface area contributed by atoms with E-state index < -0.39 is 0 Å². The predicted molar refractivity (Wildman–Crippen MR) is 143 cm³/mol. The van der Waals surface area contributed by atoms with Crippen LogP contribution in [0.5, 0.6) is 0 Å². The first-order chi connectivity index (χ1) is 15.7. The van der Waals surface area contributed by atoms with Crippen LogP contribution in [-0.2, 0) is 16.0 Å². The number of nitrogens with zero attached hydrogens (tertiary/aromatic N) is 3. The zero-order chi connectivity index (χ0) is 22.3. The van der Waals surface area contributed by atoms with E-state index >= 15 is 0 Å². The molecule has 1 aromatic rings. The Kier molecular flexibility index (Phi) is 9.82. The maximum absolute atomic E-state index is 12.9. The molecular formula is C25H38IN5O2. The molecule has 2 N–H and O–H groups in total. The number of carbonyl (C=O) groups is 2. The van der Waals surface area contributed by atoms with E-state index in [1.807, 2.05) is 34.9 Å². The Labute approximate surface area is 214 Å². The second-order valence-electron chi connectivity index (χ2n) is 9.22. The fourth-order valence-electron chi connectivity index (χ4n) is 5.22. The van der Waals surface area contributed by atoms with E-state index in [1.165, 1.54) is 24.8 Å². The molecule has 1 atom stereocenters. The van der Waals surface area contributed by atoms with Crippen LogP contribution in [-0.4, -0.2) is 61.4 Å². The third-order valence-corrected chi connectivity index (χ3v) is 6.92. The van der Waals surface area contributed by atoms with Crippen LogP contribution in [0.4, 0.5) is 5.69 Å². The molecule has 4 rings (SSSR count). The number of carbonyl (C=O) groups excluding carboxylic acids is 2. The highest BCUT2D eigenvalue weighted by atomic mass is 127. The third-order valence-electron chi connectivity index (χ3n) is 6.92. The topological polar surface area (TPSA) is 77.0 Å². The highest BCUT2D eigenvalue weighted by Gasteiger charge is 2.32. The number of rotatable bonds is 5. The number of amides is 2. The number of guanidine groups is 1. The molecule has 1 unspecified atom stereocenters. The molecule has 2 fully saturated rings. The quantitative estimate of drug-likeness (QED) is 0.325. The molecule has 2 amide bonds. The lowest BCUT2D eigenvalue weighted by atomic mass is 9.88. The average Bonchev–Trinajstić information content (AvgIpc) is 3.30. The van der Waals surface area contributed by atoms with Crippen LogP contribution in [0.2, 0.25) is 0 Å². The molecule has 2 aliphatic heterocycles. The van der Waals surface area contributed by atoms with Crippen molar-refractivity contribution in [1.29, 1.82) is 0 Å². The molecule has 8 heteroatoms. The summed E-state index contributed by atoms with van der Waals surface area (Å²) in [6.45, 7) is 5.12. The van der Waals surface area contributed by atoms with Crippen molar-refractivity contribution in [2.45, 2.75) is 64.3 Å². The van der Waals surface area contributed by atoms with Crippen LogP contribution in [0.15, 0.2) is 29.3 Å². The number of aryl methyl sites for hydroxylation is 1. The first kappa shape index (κ1) is 25.8. The lowest BCUT2D eigenvalue weighted by Gasteiger charge is -2.29. The zero-order valence-electron chi connectivity index (χ0n) is 19.7. The summed E-state index contributed by atoms with van der Waals surface area (Å²) in [5.41, 5.74) is 2.25. The number of benzene rings is 1. The highest BCUT2D eigenvalue weighted by molar-refractivity contribution is 14.0. The third kappa shape index (κ3) is 6.61. The summed E-state index contributed by atoms with van der Waals surface area (Å²) in [4.78, 5) is 34.3. The summed E-state index contributed by atoms with van der Waals surface area (Å²) in [6, 6.07) is 8.31. The number of anilines is 1. The van der Waals surface area contributed by atoms with Crippen molar-refractivity contribution < 1.29 is 9.59 Å². The van der Waals surface area contributed by atoms with Gasteiger partial charge in [0.15, 0.2) is 5.96 Å². The lowest BCUT2D eigenvalue weighted by Crippen LogP contribution is -2.46.